The molecule has 0 aromatic heterocycles. The Morgan fingerprint density at radius 3 is 2.41 bits per heavy atom. The predicted octanol–water partition coefficient (Wildman–Crippen LogP) is 2.17. The number of carbonyl (C=O) groups excluding carboxylic acids is 1. The van der Waals surface area contributed by atoms with Crippen LogP contribution in [0.1, 0.15) is 52.9 Å². The molecule has 2 aliphatic heterocycles. The van der Waals surface area contributed by atoms with E-state index < -0.39 is 0 Å². The number of hydrogen-bond acceptors (Lipinski definition) is 3. The third-order valence-electron chi connectivity index (χ3n) is 5.84. The maximum atomic E-state index is 11.6. The highest BCUT2D eigenvalue weighted by Crippen LogP contribution is 2.21. The van der Waals surface area contributed by atoms with Gasteiger partial charge in [-0.2, -0.15) is 0 Å². The maximum absolute atomic E-state index is 11.6. The highest BCUT2D eigenvalue weighted by Gasteiger charge is 2.23. The van der Waals surface area contributed by atoms with E-state index in [0.717, 1.165) is 69.8 Å². The first-order valence-corrected chi connectivity index (χ1v) is 11.0. The van der Waals surface area contributed by atoms with Crippen LogP contribution in [-0.2, 0) is 4.79 Å². The molecule has 2 N–H and O–H groups in total. The first-order chi connectivity index (χ1) is 13.0. The Labute approximate surface area is 166 Å². The van der Waals surface area contributed by atoms with Crippen LogP contribution in [0.25, 0.3) is 0 Å². The fraction of sp³-hybridized carbons (Fsp3) is 0.905. The standard InChI is InChI=1S/C21H41N5O/c1-5-23-21(26-11-7-19(8-12-26)14-20(27)22-4)24-9-6-10-25-15-17(2)13-18(3)16-25/h17-19H,5-16H2,1-4H3,(H,22,27)(H,23,24). The number of guanidine groups is 1. The summed E-state index contributed by atoms with van der Waals surface area (Å²) in [5, 5.41) is 6.20. The molecule has 2 rings (SSSR count). The largest absolute Gasteiger partial charge is 0.359 e. The summed E-state index contributed by atoms with van der Waals surface area (Å²) in [7, 11) is 1.72. The van der Waals surface area contributed by atoms with Gasteiger partial charge in [-0.15, -0.1) is 0 Å². The molecule has 0 bridgehead atoms. The SMILES string of the molecule is CCNC(=NCCCN1CC(C)CC(C)C1)N1CCC(CC(=O)NC)CC1. The Balaban J connectivity index is 1.75. The number of hydrogen-bond donors (Lipinski definition) is 2. The van der Waals surface area contributed by atoms with Crippen LogP contribution in [0, 0.1) is 17.8 Å². The minimum atomic E-state index is 0.162. The van der Waals surface area contributed by atoms with Crippen molar-refractivity contribution >= 4 is 11.9 Å². The van der Waals surface area contributed by atoms with Crippen molar-refractivity contribution in [3.8, 4) is 0 Å². The van der Waals surface area contributed by atoms with Crippen LogP contribution in [-0.4, -0.2) is 74.5 Å². The molecule has 0 aromatic rings. The van der Waals surface area contributed by atoms with Gasteiger partial charge >= 0.3 is 0 Å². The fourth-order valence-electron chi connectivity index (χ4n) is 4.59. The van der Waals surface area contributed by atoms with Gasteiger partial charge in [0.2, 0.25) is 5.91 Å². The number of nitrogens with zero attached hydrogens (tertiary/aromatic N) is 3. The summed E-state index contributed by atoms with van der Waals surface area (Å²) >= 11 is 0. The normalized spacial score (nSPS) is 25.5. The average molecular weight is 380 g/mol. The first kappa shape index (κ1) is 22.0. The van der Waals surface area contributed by atoms with Gasteiger partial charge in [-0.1, -0.05) is 13.8 Å². The molecule has 0 aromatic carbocycles. The van der Waals surface area contributed by atoms with Gasteiger partial charge in [-0.25, -0.2) is 0 Å². The number of carbonyl (C=O) groups is 1. The average Bonchev–Trinajstić information content (AvgIpc) is 2.64. The molecule has 0 spiro atoms. The van der Waals surface area contributed by atoms with E-state index in [1.165, 1.54) is 19.5 Å². The van der Waals surface area contributed by atoms with Gasteiger partial charge in [0.05, 0.1) is 0 Å². The van der Waals surface area contributed by atoms with Crippen LogP contribution >= 0.6 is 0 Å². The number of piperidine rings is 2. The molecule has 2 heterocycles. The van der Waals surface area contributed by atoms with E-state index in [1.807, 2.05) is 0 Å². The molecule has 0 aliphatic carbocycles. The van der Waals surface area contributed by atoms with Crippen molar-refractivity contribution in [3.63, 3.8) is 0 Å². The Bertz CT molecular complexity index is 463. The van der Waals surface area contributed by atoms with E-state index >= 15 is 0 Å². The van der Waals surface area contributed by atoms with Gasteiger partial charge in [-0.05, 0) is 56.9 Å². The van der Waals surface area contributed by atoms with E-state index in [4.69, 9.17) is 4.99 Å². The molecule has 6 nitrogen and oxygen atoms in total. The fourth-order valence-corrected chi connectivity index (χ4v) is 4.59. The maximum Gasteiger partial charge on any atom is 0.220 e. The zero-order valence-corrected chi connectivity index (χ0v) is 18.0. The minimum Gasteiger partial charge on any atom is -0.359 e. The van der Waals surface area contributed by atoms with E-state index in [9.17, 15) is 4.79 Å². The van der Waals surface area contributed by atoms with E-state index in [0.29, 0.717) is 12.3 Å². The molecule has 156 valence electrons. The number of amides is 1. The lowest BCUT2D eigenvalue weighted by Crippen LogP contribution is -2.46. The first-order valence-electron chi connectivity index (χ1n) is 11.0. The van der Waals surface area contributed by atoms with Crippen molar-refractivity contribution in [3.05, 3.63) is 0 Å². The Morgan fingerprint density at radius 1 is 1.15 bits per heavy atom. The summed E-state index contributed by atoms with van der Waals surface area (Å²) < 4.78 is 0. The second-order valence-electron chi connectivity index (χ2n) is 8.60. The lowest BCUT2D eigenvalue weighted by molar-refractivity contribution is -0.121. The molecule has 2 saturated heterocycles. The van der Waals surface area contributed by atoms with Gasteiger partial charge in [0.25, 0.3) is 0 Å². The molecular formula is C21H41N5O. The van der Waals surface area contributed by atoms with Crippen molar-refractivity contribution in [2.24, 2.45) is 22.7 Å². The topological polar surface area (TPSA) is 60.0 Å². The summed E-state index contributed by atoms with van der Waals surface area (Å²) in [4.78, 5) is 21.5. The van der Waals surface area contributed by atoms with E-state index in [2.05, 4.69) is 41.2 Å². The lowest BCUT2D eigenvalue weighted by atomic mass is 9.92. The minimum absolute atomic E-state index is 0.162. The highest BCUT2D eigenvalue weighted by molar-refractivity contribution is 5.80. The van der Waals surface area contributed by atoms with Gasteiger partial charge in [-0.3, -0.25) is 9.79 Å². The number of rotatable bonds is 7. The molecule has 0 saturated carbocycles. The van der Waals surface area contributed by atoms with Crippen LogP contribution in [0.5, 0.6) is 0 Å². The van der Waals surface area contributed by atoms with Crippen LogP contribution < -0.4 is 10.6 Å². The zero-order valence-electron chi connectivity index (χ0n) is 18.0. The highest BCUT2D eigenvalue weighted by atomic mass is 16.1. The molecule has 2 fully saturated rings. The molecular weight excluding hydrogens is 338 g/mol. The van der Waals surface area contributed by atoms with Crippen LogP contribution in [0.3, 0.4) is 0 Å². The second-order valence-corrected chi connectivity index (χ2v) is 8.60. The van der Waals surface area contributed by atoms with Crippen LogP contribution in [0.2, 0.25) is 0 Å². The van der Waals surface area contributed by atoms with E-state index in [1.54, 1.807) is 7.05 Å². The van der Waals surface area contributed by atoms with Crippen LogP contribution in [0.4, 0.5) is 0 Å². The predicted molar refractivity (Wildman–Crippen MR) is 113 cm³/mol. The van der Waals surface area contributed by atoms with Crippen molar-refractivity contribution in [1.29, 1.82) is 0 Å². The summed E-state index contributed by atoms with van der Waals surface area (Å²) in [5.74, 6) is 3.37. The van der Waals surface area contributed by atoms with Crippen molar-refractivity contribution in [1.82, 2.24) is 20.4 Å². The summed E-state index contributed by atoms with van der Waals surface area (Å²) in [5.41, 5.74) is 0. The lowest BCUT2D eigenvalue weighted by Gasteiger charge is -2.35. The monoisotopic (exact) mass is 379 g/mol. The second kappa shape index (κ2) is 11.5. The molecule has 0 radical (unpaired) electrons. The van der Waals surface area contributed by atoms with Gasteiger partial charge in [0.15, 0.2) is 5.96 Å². The third kappa shape index (κ3) is 7.68. The molecule has 2 atom stereocenters. The van der Waals surface area contributed by atoms with Gasteiger partial charge < -0.3 is 20.4 Å². The van der Waals surface area contributed by atoms with Crippen molar-refractivity contribution in [2.45, 2.75) is 52.9 Å². The summed E-state index contributed by atoms with van der Waals surface area (Å²) in [6.07, 6.45) is 5.30. The molecule has 6 heteroatoms. The zero-order chi connectivity index (χ0) is 19.6. The smallest absolute Gasteiger partial charge is 0.220 e. The number of aliphatic imine (C=N–C) groups is 1. The quantitative estimate of drug-likeness (QED) is 0.404. The molecule has 2 aliphatic rings. The third-order valence-corrected chi connectivity index (χ3v) is 5.84. The van der Waals surface area contributed by atoms with Gasteiger partial charge in [0.1, 0.15) is 0 Å². The Hall–Kier alpha value is -1.30. The number of likely N-dealkylation sites (tertiary alicyclic amines) is 2. The Morgan fingerprint density at radius 2 is 1.81 bits per heavy atom. The van der Waals surface area contributed by atoms with E-state index in [-0.39, 0.29) is 5.91 Å². The summed E-state index contributed by atoms with van der Waals surface area (Å²) in [6, 6.07) is 0. The van der Waals surface area contributed by atoms with Crippen molar-refractivity contribution < 1.29 is 4.79 Å². The van der Waals surface area contributed by atoms with Crippen LogP contribution in [0.15, 0.2) is 4.99 Å². The van der Waals surface area contributed by atoms with Gasteiger partial charge in [0, 0.05) is 52.7 Å². The molecule has 2 unspecified atom stereocenters. The summed E-state index contributed by atoms with van der Waals surface area (Å²) in [6.45, 7) is 14.3. The molecule has 1 amide bonds. The Kier molecular flexibility index (Phi) is 9.39. The molecule has 27 heavy (non-hydrogen) atoms. The number of nitrogens with one attached hydrogen (secondary N) is 2. The van der Waals surface area contributed by atoms with Crippen molar-refractivity contribution in [2.75, 3.05) is 52.9 Å².